The van der Waals surface area contributed by atoms with Crippen molar-refractivity contribution in [2.45, 2.75) is 39.8 Å². The highest BCUT2D eigenvalue weighted by molar-refractivity contribution is 5.84. The fourth-order valence-electron chi connectivity index (χ4n) is 1.95. The number of hydrogen-bond acceptors (Lipinski definition) is 2. The third-order valence-electron chi connectivity index (χ3n) is 2.92. The molecule has 0 saturated carbocycles. The van der Waals surface area contributed by atoms with Crippen molar-refractivity contribution >= 4 is 11.8 Å². The third-order valence-corrected chi connectivity index (χ3v) is 2.92. The second-order valence-corrected chi connectivity index (χ2v) is 4.96. The number of nitrogens with one attached hydrogen (secondary N) is 1. The van der Waals surface area contributed by atoms with Gasteiger partial charge in [0.2, 0.25) is 11.8 Å². The highest BCUT2D eigenvalue weighted by atomic mass is 16.2. The summed E-state index contributed by atoms with van der Waals surface area (Å²) in [5.74, 6) is -0.233. The molecule has 0 spiro atoms. The molecular weight excluding hydrogens is 240 g/mol. The molecular formula is C15H22N2O2. The zero-order valence-corrected chi connectivity index (χ0v) is 12.0. The van der Waals surface area contributed by atoms with Crippen LogP contribution in [0.25, 0.3) is 0 Å². The minimum atomic E-state index is -0.131. The molecule has 0 aromatic heterocycles. The molecule has 1 atom stereocenters. The Balaban J connectivity index is 2.78. The van der Waals surface area contributed by atoms with Gasteiger partial charge in [0.15, 0.2) is 0 Å². The van der Waals surface area contributed by atoms with Crippen LogP contribution in [0.1, 0.15) is 39.3 Å². The Morgan fingerprint density at radius 2 is 1.74 bits per heavy atom. The monoisotopic (exact) mass is 262 g/mol. The molecule has 1 rings (SSSR count). The lowest BCUT2D eigenvalue weighted by atomic mass is 10.1. The SMILES string of the molecule is CC(=O)N(CC(=O)NC(C)C)C(C)c1ccccc1. The number of benzene rings is 1. The van der Waals surface area contributed by atoms with Crippen molar-refractivity contribution in [3.8, 4) is 0 Å². The van der Waals surface area contributed by atoms with Crippen LogP contribution in [-0.4, -0.2) is 29.3 Å². The van der Waals surface area contributed by atoms with E-state index in [-0.39, 0.29) is 30.4 Å². The van der Waals surface area contributed by atoms with Gasteiger partial charge in [0, 0.05) is 13.0 Å². The van der Waals surface area contributed by atoms with Gasteiger partial charge < -0.3 is 10.2 Å². The molecule has 104 valence electrons. The smallest absolute Gasteiger partial charge is 0.239 e. The second-order valence-electron chi connectivity index (χ2n) is 4.96. The molecule has 0 aliphatic heterocycles. The van der Waals surface area contributed by atoms with Gasteiger partial charge in [0.1, 0.15) is 6.54 Å². The lowest BCUT2D eigenvalue weighted by Crippen LogP contribution is -2.43. The molecule has 19 heavy (non-hydrogen) atoms. The van der Waals surface area contributed by atoms with Crippen LogP contribution in [0.4, 0.5) is 0 Å². The second kappa shape index (κ2) is 6.92. The maximum Gasteiger partial charge on any atom is 0.239 e. The molecule has 1 aromatic carbocycles. The summed E-state index contributed by atoms with van der Waals surface area (Å²) in [5.41, 5.74) is 1.02. The normalized spacial score (nSPS) is 12.1. The predicted molar refractivity (Wildman–Crippen MR) is 75.5 cm³/mol. The molecule has 1 aromatic rings. The Morgan fingerprint density at radius 1 is 1.16 bits per heavy atom. The molecule has 0 heterocycles. The van der Waals surface area contributed by atoms with Crippen LogP contribution in [0.15, 0.2) is 30.3 Å². The van der Waals surface area contributed by atoms with E-state index in [1.165, 1.54) is 6.92 Å². The molecule has 1 N–H and O–H groups in total. The summed E-state index contributed by atoms with van der Waals surface area (Å²) in [6.07, 6.45) is 0. The topological polar surface area (TPSA) is 49.4 Å². The number of carbonyl (C=O) groups is 2. The number of hydrogen-bond donors (Lipinski definition) is 1. The van der Waals surface area contributed by atoms with Crippen LogP contribution in [0.5, 0.6) is 0 Å². The van der Waals surface area contributed by atoms with Crippen LogP contribution in [0.3, 0.4) is 0 Å². The van der Waals surface area contributed by atoms with E-state index >= 15 is 0 Å². The van der Waals surface area contributed by atoms with Crippen molar-refractivity contribution in [2.75, 3.05) is 6.54 Å². The average molecular weight is 262 g/mol. The number of amides is 2. The van der Waals surface area contributed by atoms with E-state index in [2.05, 4.69) is 5.32 Å². The van der Waals surface area contributed by atoms with Crippen molar-refractivity contribution in [2.24, 2.45) is 0 Å². The summed E-state index contributed by atoms with van der Waals surface area (Å²) in [7, 11) is 0. The van der Waals surface area contributed by atoms with E-state index in [9.17, 15) is 9.59 Å². The van der Waals surface area contributed by atoms with Crippen LogP contribution in [-0.2, 0) is 9.59 Å². The molecule has 0 fully saturated rings. The summed E-state index contributed by atoms with van der Waals surface area (Å²) in [6.45, 7) is 7.30. The molecule has 0 radical (unpaired) electrons. The van der Waals surface area contributed by atoms with E-state index < -0.39 is 0 Å². The fourth-order valence-corrected chi connectivity index (χ4v) is 1.95. The van der Waals surface area contributed by atoms with E-state index in [0.717, 1.165) is 5.56 Å². The number of rotatable bonds is 5. The minimum Gasteiger partial charge on any atom is -0.352 e. The summed E-state index contributed by atoms with van der Waals surface area (Å²) in [5, 5.41) is 2.80. The Bertz CT molecular complexity index is 429. The zero-order chi connectivity index (χ0) is 14.4. The van der Waals surface area contributed by atoms with Gasteiger partial charge in [-0.2, -0.15) is 0 Å². The van der Waals surface area contributed by atoms with Gasteiger partial charge in [-0.25, -0.2) is 0 Å². The summed E-state index contributed by atoms with van der Waals surface area (Å²) >= 11 is 0. The standard InChI is InChI=1S/C15H22N2O2/c1-11(2)16-15(19)10-17(13(4)18)12(3)14-8-6-5-7-9-14/h5-9,11-12H,10H2,1-4H3,(H,16,19). The van der Waals surface area contributed by atoms with Gasteiger partial charge in [-0.05, 0) is 26.3 Å². The summed E-state index contributed by atoms with van der Waals surface area (Å²) < 4.78 is 0. The van der Waals surface area contributed by atoms with Crippen molar-refractivity contribution < 1.29 is 9.59 Å². The molecule has 0 aliphatic carbocycles. The van der Waals surface area contributed by atoms with Gasteiger partial charge in [0.25, 0.3) is 0 Å². The fraction of sp³-hybridized carbons (Fsp3) is 0.467. The molecule has 0 saturated heterocycles. The quantitative estimate of drug-likeness (QED) is 0.883. The molecule has 4 heteroatoms. The predicted octanol–water partition coefficient (Wildman–Crippen LogP) is 2.12. The first kappa shape index (κ1) is 15.2. The Hall–Kier alpha value is -1.84. The van der Waals surface area contributed by atoms with Gasteiger partial charge in [-0.3, -0.25) is 9.59 Å². The average Bonchev–Trinajstić information content (AvgIpc) is 2.35. The summed E-state index contributed by atoms with van der Waals surface area (Å²) in [6, 6.07) is 9.67. The lowest BCUT2D eigenvalue weighted by molar-refractivity contribution is -0.136. The Morgan fingerprint density at radius 3 is 2.21 bits per heavy atom. The van der Waals surface area contributed by atoms with E-state index in [1.54, 1.807) is 4.90 Å². The van der Waals surface area contributed by atoms with E-state index in [4.69, 9.17) is 0 Å². The number of nitrogens with zero attached hydrogens (tertiary/aromatic N) is 1. The van der Waals surface area contributed by atoms with Crippen LogP contribution >= 0.6 is 0 Å². The van der Waals surface area contributed by atoms with Crippen LogP contribution < -0.4 is 5.32 Å². The van der Waals surface area contributed by atoms with E-state index in [0.29, 0.717) is 0 Å². The lowest BCUT2D eigenvalue weighted by Gasteiger charge is -2.28. The number of carbonyl (C=O) groups excluding carboxylic acids is 2. The molecule has 2 amide bonds. The first-order valence-electron chi connectivity index (χ1n) is 6.53. The van der Waals surface area contributed by atoms with Gasteiger partial charge in [0.05, 0.1) is 6.04 Å². The van der Waals surface area contributed by atoms with Crippen LogP contribution in [0, 0.1) is 0 Å². The zero-order valence-electron chi connectivity index (χ0n) is 12.0. The van der Waals surface area contributed by atoms with Crippen molar-refractivity contribution in [3.63, 3.8) is 0 Å². The molecule has 0 aliphatic rings. The maximum atomic E-state index is 11.8. The minimum absolute atomic E-state index is 0.0772. The molecule has 4 nitrogen and oxygen atoms in total. The highest BCUT2D eigenvalue weighted by Gasteiger charge is 2.21. The van der Waals surface area contributed by atoms with E-state index in [1.807, 2.05) is 51.1 Å². The Labute approximate surface area is 114 Å². The van der Waals surface area contributed by atoms with Crippen molar-refractivity contribution in [3.05, 3.63) is 35.9 Å². The Kier molecular flexibility index (Phi) is 5.55. The molecule has 0 bridgehead atoms. The van der Waals surface area contributed by atoms with Gasteiger partial charge >= 0.3 is 0 Å². The third kappa shape index (κ3) is 4.73. The van der Waals surface area contributed by atoms with Crippen molar-refractivity contribution in [1.29, 1.82) is 0 Å². The maximum absolute atomic E-state index is 11.8. The molecule has 1 unspecified atom stereocenters. The van der Waals surface area contributed by atoms with Crippen LogP contribution in [0.2, 0.25) is 0 Å². The van der Waals surface area contributed by atoms with Gasteiger partial charge in [-0.1, -0.05) is 30.3 Å². The summed E-state index contributed by atoms with van der Waals surface area (Å²) in [4.78, 5) is 25.1. The van der Waals surface area contributed by atoms with Gasteiger partial charge in [-0.15, -0.1) is 0 Å². The largest absolute Gasteiger partial charge is 0.352 e. The first-order valence-corrected chi connectivity index (χ1v) is 6.53. The first-order chi connectivity index (χ1) is 8.91. The highest BCUT2D eigenvalue weighted by Crippen LogP contribution is 2.19. The van der Waals surface area contributed by atoms with Crippen molar-refractivity contribution in [1.82, 2.24) is 10.2 Å².